The van der Waals surface area contributed by atoms with E-state index in [0.717, 1.165) is 55.6 Å². The van der Waals surface area contributed by atoms with Crippen molar-refractivity contribution in [3.63, 3.8) is 0 Å². The molecule has 1 aliphatic heterocycles. The fraction of sp³-hybridized carbons (Fsp3) is 0.588. The lowest BCUT2D eigenvalue weighted by molar-refractivity contribution is -0.121. The van der Waals surface area contributed by atoms with Crippen molar-refractivity contribution in [2.75, 3.05) is 18.1 Å². The molecule has 0 spiro atoms. The zero-order chi connectivity index (χ0) is 15.2. The average molecular weight is 290 g/mol. The molecule has 1 unspecified atom stereocenters. The van der Waals surface area contributed by atoms with Crippen LogP contribution in [0, 0.1) is 0 Å². The molecule has 0 aromatic heterocycles. The maximum atomic E-state index is 12.1. The Morgan fingerprint density at radius 2 is 2.05 bits per heavy atom. The first kappa shape index (κ1) is 15.8. The van der Waals surface area contributed by atoms with Crippen LogP contribution < -0.4 is 15.4 Å². The number of hydrogen-bond acceptors (Lipinski definition) is 3. The highest BCUT2D eigenvalue weighted by Crippen LogP contribution is 2.35. The Morgan fingerprint density at radius 3 is 2.76 bits per heavy atom. The number of hydrogen-bond donors (Lipinski definition) is 1. The van der Waals surface area contributed by atoms with E-state index in [1.165, 1.54) is 0 Å². The zero-order valence-corrected chi connectivity index (χ0v) is 13.1. The van der Waals surface area contributed by atoms with E-state index in [2.05, 4.69) is 13.8 Å². The third-order valence-corrected chi connectivity index (χ3v) is 3.96. The summed E-state index contributed by atoms with van der Waals surface area (Å²) in [5, 5.41) is 0. The molecular weight excluding hydrogens is 264 g/mol. The number of benzene rings is 1. The normalized spacial score (nSPS) is 15.6. The molecule has 0 saturated heterocycles. The van der Waals surface area contributed by atoms with E-state index in [0.29, 0.717) is 0 Å². The molecule has 116 valence electrons. The van der Waals surface area contributed by atoms with E-state index in [1.54, 1.807) is 0 Å². The molecule has 0 aliphatic carbocycles. The van der Waals surface area contributed by atoms with Crippen molar-refractivity contribution in [3.05, 3.63) is 23.8 Å². The van der Waals surface area contributed by atoms with Crippen molar-refractivity contribution in [2.45, 2.75) is 52.0 Å². The third kappa shape index (κ3) is 3.76. The number of fused-ring (bicyclic) bond motifs is 1. The Kier molecular flexibility index (Phi) is 5.62. The molecule has 4 nitrogen and oxygen atoms in total. The zero-order valence-electron chi connectivity index (χ0n) is 13.1. The maximum Gasteiger partial charge on any atom is 0.265 e. The van der Waals surface area contributed by atoms with Gasteiger partial charge in [0.15, 0.2) is 6.61 Å². The second kappa shape index (κ2) is 7.46. The molecule has 0 bridgehead atoms. The number of nitrogens with zero attached hydrogens (tertiary/aromatic N) is 1. The molecule has 1 aromatic rings. The number of unbranched alkanes of at least 4 members (excludes halogenated alkanes) is 2. The van der Waals surface area contributed by atoms with Gasteiger partial charge in [0, 0.05) is 12.6 Å². The monoisotopic (exact) mass is 290 g/mol. The predicted octanol–water partition coefficient (Wildman–Crippen LogP) is 3.40. The van der Waals surface area contributed by atoms with E-state index < -0.39 is 0 Å². The maximum absolute atomic E-state index is 12.1. The van der Waals surface area contributed by atoms with Gasteiger partial charge in [-0.25, -0.2) is 0 Å². The van der Waals surface area contributed by atoms with Gasteiger partial charge in [0.2, 0.25) is 0 Å². The number of carbonyl (C=O) groups is 1. The molecule has 4 heteroatoms. The van der Waals surface area contributed by atoms with Gasteiger partial charge in [0.25, 0.3) is 5.91 Å². The summed E-state index contributed by atoms with van der Waals surface area (Å²) in [5.41, 5.74) is 8.21. The average Bonchev–Trinajstić information content (AvgIpc) is 2.51. The summed E-state index contributed by atoms with van der Waals surface area (Å²) in [6.45, 7) is 5.18. The molecular formula is C17H26N2O2. The fourth-order valence-corrected chi connectivity index (χ4v) is 2.60. The summed E-state index contributed by atoms with van der Waals surface area (Å²) >= 11 is 0. The minimum Gasteiger partial charge on any atom is -0.482 e. The van der Waals surface area contributed by atoms with Crippen LogP contribution in [0.2, 0.25) is 0 Å². The quantitative estimate of drug-likeness (QED) is 0.837. The first-order valence-electron chi connectivity index (χ1n) is 8.00. The summed E-state index contributed by atoms with van der Waals surface area (Å²) in [6, 6.07) is 6.03. The van der Waals surface area contributed by atoms with E-state index >= 15 is 0 Å². The summed E-state index contributed by atoms with van der Waals surface area (Å²) in [6.07, 6.45) is 5.29. The van der Waals surface area contributed by atoms with Crippen LogP contribution >= 0.6 is 0 Å². The summed E-state index contributed by atoms with van der Waals surface area (Å²) in [4.78, 5) is 13.9. The van der Waals surface area contributed by atoms with Crippen molar-refractivity contribution in [3.8, 4) is 5.75 Å². The van der Waals surface area contributed by atoms with Crippen LogP contribution in [-0.2, 0) is 4.79 Å². The van der Waals surface area contributed by atoms with Gasteiger partial charge in [-0.3, -0.25) is 4.79 Å². The van der Waals surface area contributed by atoms with Gasteiger partial charge >= 0.3 is 0 Å². The van der Waals surface area contributed by atoms with Gasteiger partial charge in [-0.2, -0.15) is 0 Å². The Bertz CT molecular complexity index is 488. The van der Waals surface area contributed by atoms with E-state index in [-0.39, 0.29) is 18.6 Å². The van der Waals surface area contributed by atoms with Crippen LogP contribution in [0.25, 0.3) is 0 Å². The van der Waals surface area contributed by atoms with Crippen LogP contribution in [0.15, 0.2) is 18.2 Å². The summed E-state index contributed by atoms with van der Waals surface area (Å²) in [7, 11) is 0. The third-order valence-electron chi connectivity index (χ3n) is 3.96. The number of rotatable bonds is 7. The molecule has 0 saturated carbocycles. The Balaban J connectivity index is 2.22. The first-order valence-corrected chi connectivity index (χ1v) is 8.00. The van der Waals surface area contributed by atoms with Gasteiger partial charge in [-0.05, 0) is 30.5 Å². The van der Waals surface area contributed by atoms with Crippen LogP contribution in [0.5, 0.6) is 5.75 Å². The molecule has 0 fully saturated rings. The molecule has 1 aliphatic rings. The molecule has 21 heavy (non-hydrogen) atoms. The van der Waals surface area contributed by atoms with Crippen LogP contribution in [-0.4, -0.2) is 19.1 Å². The standard InChI is InChI=1S/C17H26N2O2/c1-3-5-7-14(18)13-8-9-16-15(11-13)19(10-6-4-2)17(20)12-21-16/h8-9,11,14H,3-7,10,12,18H2,1-2H3. The summed E-state index contributed by atoms with van der Waals surface area (Å²) < 4.78 is 5.53. The number of ether oxygens (including phenoxy) is 1. The fourth-order valence-electron chi connectivity index (χ4n) is 2.60. The largest absolute Gasteiger partial charge is 0.482 e. The van der Waals surface area contributed by atoms with E-state index in [4.69, 9.17) is 10.5 Å². The lowest BCUT2D eigenvalue weighted by Gasteiger charge is -2.30. The lowest BCUT2D eigenvalue weighted by atomic mass is 10.0. The first-order chi connectivity index (χ1) is 10.2. The van der Waals surface area contributed by atoms with Crippen LogP contribution in [0.1, 0.15) is 57.6 Å². The lowest BCUT2D eigenvalue weighted by Crippen LogP contribution is -2.39. The van der Waals surface area contributed by atoms with Gasteiger partial charge in [-0.15, -0.1) is 0 Å². The Hall–Kier alpha value is -1.55. The smallest absolute Gasteiger partial charge is 0.265 e. The molecule has 1 aromatic carbocycles. The SMILES string of the molecule is CCCCC(N)c1ccc2c(c1)N(CCCC)C(=O)CO2. The van der Waals surface area contributed by atoms with Crippen molar-refractivity contribution in [1.29, 1.82) is 0 Å². The highest BCUT2D eigenvalue weighted by molar-refractivity contribution is 5.97. The Labute approximate surface area is 127 Å². The van der Waals surface area contributed by atoms with Crippen LogP contribution in [0.3, 0.4) is 0 Å². The highest BCUT2D eigenvalue weighted by atomic mass is 16.5. The minimum atomic E-state index is 0.0281. The van der Waals surface area contributed by atoms with Crippen molar-refractivity contribution < 1.29 is 9.53 Å². The van der Waals surface area contributed by atoms with Crippen molar-refractivity contribution in [1.82, 2.24) is 0 Å². The summed E-state index contributed by atoms with van der Waals surface area (Å²) in [5.74, 6) is 0.826. The van der Waals surface area contributed by atoms with Gasteiger partial charge < -0.3 is 15.4 Å². The van der Waals surface area contributed by atoms with Crippen LogP contribution in [0.4, 0.5) is 5.69 Å². The van der Waals surface area contributed by atoms with Crippen molar-refractivity contribution >= 4 is 11.6 Å². The predicted molar refractivity (Wildman–Crippen MR) is 85.7 cm³/mol. The molecule has 2 rings (SSSR count). The number of anilines is 1. The molecule has 1 heterocycles. The number of nitrogens with two attached hydrogens (primary N) is 1. The second-order valence-corrected chi connectivity index (χ2v) is 5.66. The molecule has 0 radical (unpaired) electrons. The molecule has 1 amide bonds. The topological polar surface area (TPSA) is 55.6 Å². The van der Waals surface area contributed by atoms with Crippen molar-refractivity contribution in [2.24, 2.45) is 5.73 Å². The van der Waals surface area contributed by atoms with Gasteiger partial charge in [0.1, 0.15) is 5.75 Å². The van der Waals surface area contributed by atoms with E-state index in [1.807, 2.05) is 23.1 Å². The van der Waals surface area contributed by atoms with E-state index in [9.17, 15) is 4.79 Å². The highest BCUT2D eigenvalue weighted by Gasteiger charge is 2.25. The molecule has 2 N–H and O–H groups in total. The number of amides is 1. The van der Waals surface area contributed by atoms with Gasteiger partial charge in [0.05, 0.1) is 5.69 Å². The number of carbonyl (C=O) groups excluding carboxylic acids is 1. The van der Waals surface area contributed by atoms with Gasteiger partial charge in [-0.1, -0.05) is 39.2 Å². The Morgan fingerprint density at radius 1 is 1.29 bits per heavy atom. The minimum absolute atomic E-state index is 0.0281. The molecule has 1 atom stereocenters. The second-order valence-electron chi connectivity index (χ2n) is 5.66.